The Balaban J connectivity index is 2.36. The Labute approximate surface area is 110 Å². The smallest absolute Gasteiger partial charge is 0.139 e. The van der Waals surface area contributed by atoms with Crippen LogP contribution in [0.5, 0.6) is 0 Å². The van der Waals surface area contributed by atoms with Crippen LogP contribution in [0.2, 0.25) is 19.6 Å². The largest absolute Gasteiger partial charge is 0.283 e. The maximum atomic E-state index is 3.66. The van der Waals surface area contributed by atoms with Gasteiger partial charge in [-0.25, -0.2) is 0 Å². The Kier molecular flexibility index (Phi) is 3.84. The zero-order chi connectivity index (χ0) is 13.0. The second-order valence-corrected chi connectivity index (χ2v) is 10.1. The topological polar surface area (TPSA) is 15.3 Å². The van der Waals surface area contributed by atoms with Gasteiger partial charge in [-0.1, -0.05) is 56.0 Å². The molecule has 0 amide bonds. The van der Waals surface area contributed by atoms with Crippen molar-refractivity contribution < 1.29 is 0 Å². The molecule has 2 nitrogen and oxygen atoms in total. The van der Waals surface area contributed by atoms with Crippen LogP contribution in [-0.2, 0) is 0 Å². The van der Waals surface area contributed by atoms with E-state index in [1.165, 1.54) is 11.4 Å². The Morgan fingerprint density at radius 2 is 1.11 bits per heavy atom. The lowest BCUT2D eigenvalue weighted by Gasteiger charge is -2.32. The molecule has 2 aromatic carbocycles. The molecule has 0 aliphatic carbocycles. The molecule has 0 radical (unpaired) electrons. The summed E-state index contributed by atoms with van der Waals surface area (Å²) in [6.07, 6.45) is 0. The molecule has 0 atom stereocenters. The fraction of sp³-hybridized carbons (Fsp3) is 0.200. The van der Waals surface area contributed by atoms with Gasteiger partial charge in [0.05, 0.1) is 11.4 Å². The minimum absolute atomic E-state index is 1.17. The third kappa shape index (κ3) is 3.45. The summed E-state index contributed by atoms with van der Waals surface area (Å²) in [5.41, 5.74) is 2.34. The Morgan fingerprint density at radius 3 is 1.44 bits per heavy atom. The summed E-state index contributed by atoms with van der Waals surface area (Å²) in [7, 11) is -1.41. The summed E-state index contributed by atoms with van der Waals surface area (Å²) in [6.45, 7) is 6.89. The van der Waals surface area contributed by atoms with E-state index >= 15 is 0 Å². The molecular formula is C15H20N2Si. The zero-order valence-electron chi connectivity index (χ0n) is 11.2. The molecule has 0 spiro atoms. The van der Waals surface area contributed by atoms with Gasteiger partial charge in [-0.15, -0.1) is 0 Å². The minimum atomic E-state index is -1.41. The van der Waals surface area contributed by atoms with Gasteiger partial charge in [0.15, 0.2) is 0 Å². The Morgan fingerprint density at radius 1 is 0.722 bits per heavy atom. The van der Waals surface area contributed by atoms with Gasteiger partial charge in [-0.05, 0) is 24.3 Å². The van der Waals surface area contributed by atoms with Crippen LogP contribution in [0, 0.1) is 0 Å². The van der Waals surface area contributed by atoms with Crippen molar-refractivity contribution in [2.45, 2.75) is 19.6 Å². The van der Waals surface area contributed by atoms with Crippen LogP contribution in [0.3, 0.4) is 0 Å². The first-order chi connectivity index (χ1) is 8.56. The predicted molar refractivity (Wildman–Crippen MR) is 81.5 cm³/mol. The summed E-state index contributed by atoms with van der Waals surface area (Å²) in [6, 6.07) is 20.9. The van der Waals surface area contributed by atoms with E-state index in [4.69, 9.17) is 0 Å². The number of rotatable bonds is 4. The molecule has 2 aromatic rings. The van der Waals surface area contributed by atoms with Crippen molar-refractivity contribution in [1.82, 2.24) is 5.09 Å². The van der Waals surface area contributed by atoms with Gasteiger partial charge in [0, 0.05) is 0 Å². The van der Waals surface area contributed by atoms with E-state index in [9.17, 15) is 0 Å². The van der Waals surface area contributed by atoms with Crippen molar-refractivity contribution in [2.24, 2.45) is 0 Å². The molecule has 0 unspecified atom stereocenters. The van der Waals surface area contributed by atoms with Crippen LogP contribution >= 0.6 is 0 Å². The molecule has 0 saturated heterocycles. The molecule has 18 heavy (non-hydrogen) atoms. The number of hydrogen-bond donors (Lipinski definition) is 1. The SMILES string of the molecule is C[Si](C)(C)NN(c1ccccc1)c1ccccc1. The van der Waals surface area contributed by atoms with E-state index < -0.39 is 8.24 Å². The fourth-order valence-electron chi connectivity index (χ4n) is 1.77. The van der Waals surface area contributed by atoms with Gasteiger partial charge < -0.3 is 0 Å². The van der Waals surface area contributed by atoms with E-state index in [1.807, 2.05) is 12.1 Å². The molecule has 0 aliphatic heterocycles. The number of anilines is 2. The number of hydrazine groups is 1. The average molecular weight is 256 g/mol. The lowest BCUT2D eigenvalue weighted by Crippen LogP contribution is -2.50. The highest BCUT2D eigenvalue weighted by Crippen LogP contribution is 2.23. The summed E-state index contributed by atoms with van der Waals surface area (Å²) >= 11 is 0. The van der Waals surface area contributed by atoms with Crippen molar-refractivity contribution in [3.05, 3.63) is 60.7 Å². The van der Waals surface area contributed by atoms with Crippen molar-refractivity contribution in [3.63, 3.8) is 0 Å². The third-order valence-corrected chi connectivity index (χ3v) is 3.37. The number of benzene rings is 2. The van der Waals surface area contributed by atoms with Gasteiger partial charge in [-0.3, -0.25) is 10.1 Å². The van der Waals surface area contributed by atoms with Gasteiger partial charge in [0.2, 0.25) is 0 Å². The molecule has 0 aliphatic rings. The second kappa shape index (κ2) is 5.37. The number of nitrogens with zero attached hydrogens (tertiary/aromatic N) is 1. The van der Waals surface area contributed by atoms with Gasteiger partial charge >= 0.3 is 0 Å². The second-order valence-electron chi connectivity index (χ2n) is 5.37. The first-order valence-corrected chi connectivity index (χ1v) is 9.74. The average Bonchev–Trinajstić information content (AvgIpc) is 2.37. The number of hydrogen-bond acceptors (Lipinski definition) is 2. The van der Waals surface area contributed by atoms with Crippen molar-refractivity contribution >= 4 is 19.6 Å². The molecule has 94 valence electrons. The van der Waals surface area contributed by atoms with Gasteiger partial charge in [0.25, 0.3) is 0 Å². The van der Waals surface area contributed by atoms with Crippen LogP contribution in [-0.4, -0.2) is 8.24 Å². The summed E-state index contributed by atoms with van der Waals surface area (Å²) in [4.78, 5) is 0. The van der Waals surface area contributed by atoms with E-state index in [1.54, 1.807) is 0 Å². The summed E-state index contributed by atoms with van der Waals surface area (Å²) in [5, 5.41) is 5.85. The van der Waals surface area contributed by atoms with Crippen LogP contribution in [0.25, 0.3) is 0 Å². The maximum Gasteiger partial charge on any atom is 0.139 e. The van der Waals surface area contributed by atoms with E-state index in [0.717, 1.165) is 0 Å². The number of para-hydroxylation sites is 2. The monoisotopic (exact) mass is 256 g/mol. The fourth-order valence-corrected chi connectivity index (χ4v) is 2.70. The van der Waals surface area contributed by atoms with E-state index in [2.05, 4.69) is 78.3 Å². The molecule has 0 fully saturated rings. The van der Waals surface area contributed by atoms with Crippen molar-refractivity contribution in [3.8, 4) is 0 Å². The molecule has 1 N–H and O–H groups in total. The minimum Gasteiger partial charge on any atom is -0.283 e. The van der Waals surface area contributed by atoms with Crippen LogP contribution in [0.4, 0.5) is 11.4 Å². The normalized spacial score (nSPS) is 11.3. The van der Waals surface area contributed by atoms with Crippen LogP contribution < -0.4 is 10.1 Å². The Bertz CT molecular complexity index is 437. The highest BCUT2D eigenvalue weighted by Gasteiger charge is 2.19. The number of nitrogens with one attached hydrogen (secondary N) is 1. The van der Waals surface area contributed by atoms with Crippen LogP contribution in [0.1, 0.15) is 0 Å². The molecule has 0 aromatic heterocycles. The highest BCUT2D eigenvalue weighted by atomic mass is 28.3. The molecule has 3 heteroatoms. The highest BCUT2D eigenvalue weighted by molar-refractivity contribution is 6.73. The molecule has 0 bridgehead atoms. The zero-order valence-corrected chi connectivity index (χ0v) is 12.2. The standard InChI is InChI=1S/C15H20N2Si/c1-18(2,3)16-17(14-10-6-4-7-11-14)15-12-8-5-9-13-15/h4-13,16H,1-3H3. The van der Waals surface area contributed by atoms with Crippen molar-refractivity contribution in [2.75, 3.05) is 5.01 Å². The molecule has 0 saturated carbocycles. The van der Waals surface area contributed by atoms with Gasteiger partial charge in [-0.2, -0.15) is 0 Å². The lowest BCUT2D eigenvalue weighted by atomic mass is 10.2. The van der Waals surface area contributed by atoms with Crippen molar-refractivity contribution in [1.29, 1.82) is 0 Å². The third-order valence-electron chi connectivity index (χ3n) is 2.48. The summed E-state index contributed by atoms with van der Waals surface area (Å²) < 4.78 is 0. The van der Waals surface area contributed by atoms with Crippen LogP contribution in [0.15, 0.2) is 60.7 Å². The first kappa shape index (κ1) is 12.9. The van der Waals surface area contributed by atoms with Gasteiger partial charge in [0.1, 0.15) is 8.24 Å². The molecule has 2 rings (SSSR count). The molecular weight excluding hydrogens is 236 g/mol. The van der Waals surface area contributed by atoms with E-state index in [-0.39, 0.29) is 0 Å². The summed E-state index contributed by atoms with van der Waals surface area (Å²) in [5.74, 6) is 0. The lowest BCUT2D eigenvalue weighted by molar-refractivity contribution is 0.932. The quantitative estimate of drug-likeness (QED) is 0.652. The maximum absolute atomic E-state index is 3.66. The Hall–Kier alpha value is -1.58. The van der Waals surface area contributed by atoms with E-state index in [0.29, 0.717) is 0 Å². The molecule has 0 heterocycles. The first-order valence-electron chi connectivity index (χ1n) is 6.24. The predicted octanol–water partition coefficient (Wildman–Crippen LogP) is 4.16.